The topological polar surface area (TPSA) is 90.7 Å². The summed E-state index contributed by atoms with van der Waals surface area (Å²) in [6.07, 6.45) is 2.60. The number of nitrogens with two attached hydrogens (primary N) is 2. The number of guanidine groups is 1. The Morgan fingerprint density at radius 1 is 1.57 bits per heavy atom. The van der Waals surface area contributed by atoms with Crippen LogP contribution in [0.25, 0.3) is 0 Å². The van der Waals surface area contributed by atoms with Crippen LogP contribution in [0.1, 0.15) is 26.2 Å². The number of hydrogen-bond acceptors (Lipinski definition) is 3. The third kappa shape index (κ3) is 5.45. The molecule has 0 aromatic heterocycles. The Morgan fingerprint density at radius 2 is 2.21 bits per heavy atom. The van der Waals surface area contributed by atoms with Crippen molar-refractivity contribution in [2.24, 2.45) is 22.4 Å². The number of carbonyl (C=O) groups is 1. The average Bonchev–Trinajstić information content (AvgIpc) is 2.16. The van der Waals surface area contributed by atoms with Crippen molar-refractivity contribution in [3.8, 4) is 0 Å². The molecule has 0 rings (SSSR count). The van der Waals surface area contributed by atoms with E-state index in [1.165, 1.54) is 0 Å². The molecule has 0 bridgehead atoms. The van der Waals surface area contributed by atoms with Crippen molar-refractivity contribution in [1.29, 1.82) is 0 Å². The fourth-order valence-electron chi connectivity index (χ4n) is 1.05. The second kappa shape index (κ2) is 7.23. The monoisotopic (exact) mass is 197 g/mol. The van der Waals surface area contributed by atoms with Gasteiger partial charge in [0.1, 0.15) is 0 Å². The van der Waals surface area contributed by atoms with Gasteiger partial charge in [-0.25, -0.2) is 0 Å². The van der Waals surface area contributed by atoms with E-state index >= 15 is 0 Å². The van der Waals surface area contributed by atoms with Crippen LogP contribution in [0.3, 0.4) is 0 Å². The molecule has 14 heavy (non-hydrogen) atoms. The molecule has 0 heterocycles. The Hall–Kier alpha value is -1.20. The molecule has 0 saturated heterocycles. The van der Waals surface area contributed by atoms with E-state index in [2.05, 4.69) is 9.65 Å². The van der Waals surface area contributed by atoms with Gasteiger partial charge in [0.05, 0.1) is 12.5 Å². The fourth-order valence-corrected chi connectivity index (χ4v) is 1.05. The number of aliphatic imine (C=N–C) groups is 1. The fraction of sp³-hybridized carbons (Fsp3) is 0.750. The summed E-state index contributed by atoms with van der Waals surface area (Å²) >= 11 is 0. The minimum atomic E-state index is -0.469. The molecule has 0 amide bonds. The first-order chi connectivity index (χ1) is 6.61. The summed E-state index contributed by atoms with van der Waals surface area (Å²) < 4.78 is 4.15. The van der Waals surface area contributed by atoms with E-state index in [0.29, 0.717) is 6.42 Å². The minimum Gasteiger partial charge on any atom is -0.543 e. The zero-order valence-corrected chi connectivity index (χ0v) is 8.40. The van der Waals surface area contributed by atoms with Gasteiger partial charge < -0.3 is 16.1 Å². The van der Waals surface area contributed by atoms with Crippen LogP contribution in [0.5, 0.6) is 0 Å². The Kier molecular flexibility index (Phi) is 6.61. The normalized spacial score (nSPS) is 11.8. The molecule has 0 spiro atoms. The van der Waals surface area contributed by atoms with Crippen molar-refractivity contribution in [2.45, 2.75) is 26.2 Å². The van der Waals surface area contributed by atoms with Crippen molar-refractivity contribution >= 4 is 20.0 Å². The lowest BCUT2D eigenvalue weighted by molar-refractivity contribution is -0.138. The molecule has 0 aliphatic heterocycles. The standard InChI is InChI=1S/C8H16BN3O2/c1-2-3-4-6(7(13)14-9)5-12-8(10)11/h6H,2-5H2,1H3,(H4,10,11,12). The molecule has 78 valence electrons. The first-order valence-electron chi connectivity index (χ1n) is 4.57. The van der Waals surface area contributed by atoms with Gasteiger partial charge in [0.15, 0.2) is 5.96 Å². The maximum Gasteiger partial charge on any atom is 0.378 e. The van der Waals surface area contributed by atoms with Crippen molar-refractivity contribution in [3.05, 3.63) is 0 Å². The van der Waals surface area contributed by atoms with E-state index in [-0.39, 0.29) is 18.4 Å². The minimum absolute atomic E-state index is 0.0312. The van der Waals surface area contributed by atoms with Gasteiger partial charge >= 0.3 is 8.05 Å². The lowest BCUT2D eigenvalue weighted by atomic mass is 10.0. The number of unbranched alkanes of at least 4 members (excludes halogenated alkanes) is 1. The lowest BCUT2D eigenvalue weighted by Gasteiger charge is -2.11. The summed E-state index contributed by atoms with van der Waals surface area (Å²) in [6.45, 7) is 2.27. The van der Waals surface area contributed by atoms with Gasteiger partial charge in [-0.2, -0.15) is 0 Å². The summed E-state index contributed by atoms with van der Waals surface area (Å²) in [7, 11) is 4.79. The molecule has 0 fully saturated rings. The van der Waals surface area contributed by atoms with Crippen LogP contribution in [-0.4, -0.2) is 26.5 Å². The van der Waals surface area contributed by atoms with Gasteiger partial charge in [0, 0.05) is 0 Å². The predicted molar refractivity (Wildman–Crippen MR) is 55.5 cm³/mol. The van der Waals surface area contributed by atoms with Crippen molar-refractivity contribution in [2.75, 3.05) is 6.54 Å². The molecule has 0 aliphatic rings. The van der Waals surface area contributed by atoms with Gasteiger partial charge in [-0.1, -0.05) is 19.8 Å². The third-order valence-corrected chi connectivity index (χ3v) is 1.85. The van der Waals surface area contributed by atoms with Crippen LogP contribution < -0.4 is 11.5 Å². The summed E-state index contributed by atoms with van der Waals surface area (Å²) in [5.74, 6) is -0.846. The summed E-state index contributed by atoms with van der Waals surface area (Å²) in [5.41, 5.74) is 10.3. The zero-order chi connectivity index (χ0) is 11.0. The Labute approximate surface area is 85.3 Å². The van der Waals surface area contributed by atoms with Gasteiger partial charge in [-0.15, -0.1) is 0 Å². The van der Waals surface area contributed by atoms with Gasteiger partial charge in [-0.3, -0.25) is 9.79 Å². The van der Waals surface area contributed by atoms with Crippen molar-refractivity contribution < 1.29 is 9.45 Å². The summed E-state index contributed by atoms with van der Waals surface area (Å²) in [6, 6.07) is 0. The highest BCUT2D eigenvalue weighted by atomic mass is 16.5. The van der Waals surface area contributed by atoms with Crippen molar-refractivity contribution in [3.63, 3.8) is 0 Å². The van der Waals surface area contributed by atoms with Crippen molar-refractivity contribution in [1.82, 2.24) is 0 Å². The SMILES string of the molecule is [B]OC(=O)C(CCCC)CN=C(N)N. The number of rotatable bonds is 6. The highest BCUT2D eigenvalue weighted by Crippen LogP contribution is 2.10. The first kappa shape index (κ1) is 12.8. The Balaban J connectivity index is 4.10. The molecule has 1 atom stereocenters. The zero-order valence-electron chi connectivity index (χ0n) is 8.40. The van der Waals surface area contributed by atoms with E-state index < -0.39 is 5.97 Å². The highest BCUT2D eigenvalue weighted by molar-refractivity contribution is 6.05. The van der Waals surface area contributed by atoms with Crippen LogP contribution in [-0.2, 0) is 9.45 Å². The second-order valence-corrected chi connectivity index (χ2v) is 3.04. The van der Waals surface area contributed by atoms with Crippen LogP contribution in [0.4, 0.5) is 0 Å². The van der Waals surface area contributed by atoms with Crippen LogP contribution in [0.2, 0.25) is 0 Å². The van der Waals surface area contributed by atoms with E-state index in [1.54, 1.807) is 0 Å². The molecule has 0 aromatic rings. The number of carbonyl (C=O) groups excluding carboxylic acids is 1. The molecular formula is C8H16BN3O2. The number of hydrogen-bond donors (Lipinski definition) is 2. The van der Waals surface area contributed by atoms with Gasteiger partial charge in [0.2, 0.25) is 0 Å². The second-order valence-electron chi connectivity index (χ2n) is 3.04. The van der Waals surface area contributed by atoms with Gasteiger partial charge in [0.25, 0.3) is 5.97 Å². The molecule has 6 heteroatoms. The Morgan fingerprint density at radius 3 is 2.64 bits per heavy atom. The maximum atomic E-state index is 11.1. The third-order valence-electron chi connectivity index (χ3n) is 1.85. The number of nitrogens with zero attached hydrogens (tertiary/aromatic N) is 1. The van der Waals surface area contributed by atoms with Crippen LogP contribution >= 0.6 is 0 Å². The quantitative estimate of drug-likeness (QED) is 0.347. The van der Waals surface area contributed by atoms with E-state index in [1.807, 2.05) is 6.92 Å². The molecule has 0 saturated carbocycles. The molecule has 0 aromatic carbocycles. The molecule has 2 radical (unpaired) electrons. The molecule has 5 nitrogen and oxygen atoms in total. The smallest absolute Gasteiger partial charge is 0.378 e. The molecule has 1 unspecified atom stereocenters. The van der Waals surface area contributed by atoms with E-state index in [4.69, 9.17) is 19.5 Å². The van der Waals surface area contributed by atoms with E-state index in [9.17, 15) is 4.79 Å². The summed E-state index contributed by atoms with van der Waals surface area (Å²) in [5, 5.41) is 0. The summed E-state index contributed by atoms with van der Waals surface area (Å²) in [4.78, 5) is 14.9. The van der Waals surface area contributed by atoms with Crippen LogP contribution in [0.15, 0.2) is 4.99 Å². The van der Waals surface area contributed by atoms with Crippen LogP contribution in [0, 0.1) is 5.92 Å². The average molecular weight is 197 g/mol. The largest absolute Gasteiger partial charge is 0.543 e. The molecule has 4 N–H and O–H groups in total. The predicted octanol–water partition coefficient (Wildman–Crippen LogP) is -0.307. The van der Waals surface area contributed by atoms with Gasteiger partial charge in [-0.05, 0) is 6.42 Å². The molecular weight excluding hydrogens is 181 g/mol. The first-order valence-corrected chi connectivity index (χ1v) is 4.57. The van der Waals surface area contributed by atoms with E-state index in [0.717, 1.165) is 12.8 Å². The Bertz CT molecular complexity index is 205. The maximum absolute atomic E-state index is 11.1. The highest BCUT2D eigenvalue weighted by Gasteiger charge is 2.17. The molecule has 0 aliphatic carbocycles. The lowest BCUT2D eigenvalue weighted by Crippen LogP contribution is -2.26.